The number of aliphatic hydroxyl groups is 1. The Morgan fingerprint density at radius 3 is 2.53 bits per heavy atom. The van der Waals surface area contributed by atoms with Crippen LogP contribution in [0.2, 0.25) is 0 Å². The fourth-order valence-electron chi connectivity index (χ4n) is 2.60. The van der Waals surface area contributed by atoms with Crippen LogP contribution in [0.4, 0.5) is 0 Å². The minimum Gasteiger partial charge on any atom is -0.391 e. The number of hydrogen-bond acceptors (Lipinski definition) is 3. The van der Waals surface area contributed by atoms with Crippen molar-refractivity contribution in [2.24, 2.45) is 17.6 Å². The Labute approximate surface area is 104 Å². The van der Waals surface area contributed by atoms with Gasteiger partial charge in [-0.3, -0.25) is 4.79 Å². The molecule has 0 spiro atoms. The van der Waals surface area contributed by atoms with Gasteiger partial charge in [0.05, 0.1) is 6.10 Å². The number of carbonyl (C=O) groups excluding carboxylic acids is 1. The molecule has 0 aromatic rings. The standard InChI is InChI=1S/C13H26N2O2/c1-3-9(4-2)12(16)8-15-13(17)10-5-6-11(14)7-10/h9-12,16H,3-8,14H2,1-2H3,(H,15,17). The van der Waals surface area contributed by atoms with Gasteiger partial charge in [-0.15, -0.1) is 0 Å². The van der Waals surface area contributed by atoms with Gasteiger partial charge in [0.1, 0.15) is 0 Å². The summed E-state index contributed by atoms with van der Waals surface area (Å²) in [6, 6.07) is 0.176. The smallest absolute Gasteiger partial charge is 0.223 e. The highest BCUT2D eigenvalue weighted by Gasteiger charge is 2.28. The van der Waals surface area contributed by atoms with E-state index in [0.717, 1.165) is 32.1 Å². The molecule has 1 aliphatic carbocycles. The minimum absolute atomic E-state index is 0.0545. The zero-order chi connectivity index (χ0) is 12.8. The summed E-state index contributed by atoms with van der Waals surface area (Å²) >= 11 is 0. The second kappa shape index (κ2) is 6.97. The summed E-state index contributed by atoms with van der Waals surface area (Å²) in [5, 5.41) is 12.8. The van der Waals surface area contributed by atoms with Crippen molar-refractivity contribution in [2.75, 3.05) is 6.54 Å². The molecule has 0 aromatic heterocycles. The van der Waals surface area contributed by atoms with Gasteiger partial charge in [0, 0.05) is 18.5 Å². The number of carbonyl (C=O) groups is 1. The van der Waals surface area contributed by atoms with Crippen LogP contribution in [0, 0.1) is 11.8 Å². The number of hydrogen-bond donors (Lipinski definition) is 3. The fraction of sp³-hybridized carbons (Fsp3) is 0.923. The van der Waals surface area contributed by atoms with Crippen LogP contribution in [0.5, 0.6) is 0 Å². The summed E-state index contributed by atoms with van der Waals surface area (Å²) in [7, 11) is 0. The number of amides is 1. The van der Waals surface area contributed by atoms with Crippen molar-refractivity contribution in [1.29, 1.82) is 0 Å². The van der Waals surface area contributed by atoms with E-state index in [1.807, 2.05) is 0 Å². The number of rotatable bonds is 6. The van der Waals surface area contributed by atoms with Crippen molar-refractivity contribution in [2.45, 2.75) is 58.1 Å². The Kier molecular flexibility index (Phi) is 5.92. The lowest BCUT2D eigenvalue weighted by molar-refractivity contribution is -0.125. The van der Waals surface area contributed by atoms with Crippen molar-refractivity contribution in [3.63, 3.8) is 0 Å². The van der Waals surface area contributed by atoms with Gasteiger partial charge in [-0.05, 0) is 25.2 Å². The average molecular weight is 242 g/mol. The Balaban J connectivity index is 2.27. The van der Waals surface area contributed by atoms with E-state index in [9.17, 15) is 9.90 Å². The van der Waals surface area contributed by atoms with Crippen LogP contribution in [-0.4, -0.2) is 29.7 Å². The minimum atomic E-state index is -0.427. The Hall–Kier alpha value is -0.610. The molecule has 1 saturated carbocycles. The number of nitrogens with two attached hydrogens (primary N) is 1. The van der Waals surface area contributed by atoms with Gasteiger partial charge < -0.3 is 16.2 Å². The molecule has 1 amide bonds. The highest BCUT2D eigenvalue weighted by molar-refractivity contribution is 5.79. The molecule has 17 heavy (non-hydrogen) atoms. The molecular weight excluding hydrogens is 216 g/mol. The van der Waals surface area contributed by atoms with E-state index >= 15 is 0 Å². The largest absolute Gasteiger partial charge is 0.391 e. The van der Waals surface area contributed by atoms with Gasteiger partial charge in [0.25, 0.3) is 0 Å². The average Bonchev–Trinajstić information content (AvgIpc) is 2.74. The summed E-state index contributed by atoms with van der Waals surface area (Å²) in [4.78, 5) is 11.8. The Morgan fingerprint density at radius 2 is 2.06 bits per heavy atom. The van der Waals surface area contributed by atoms with Crippen LogP contribution < -0.4 is 11.1 Å². The highest BCUT2D eigenvalue weighted by Crippen LogP contribution is 2.24. The molecule has 0 heterocycles. The van der Waals surface area contributed by atoms with Crippen LogP contribution in [0.15, 0.2) is 0 Å². The molecule has 0 aliphatic heterocycles. The van der Waals surface area contributed by atoms with E-state index < -0.39 is 6.10 Å². The lowest BCUT2D eigenvalue weighted by Gasteiger charge is -2.21. The molecule has 0 radical (unpaired) electrons. The molecule has 1 fully saturated rings. The highest BCUT2D eigenvalue weighted by atomic mass is 16.3. The first-order chi connectivity index (χ1) is 8.08. The van der Waals surface area contributed by atoms with Crippen molar-refractivity contribution in [1.82, 2.24) is 5.32 Å². The molecule has 3 unspecified atom stereocenters. The maximum Gasteiger partial charge on any atom is 0.223 e. The van der Waals surface area contributed by atoms with Crippen LogP contribution in [0.25, 0.3) is 0 Å². The number of aliphatic hydroxyl groups excluding tert-OH is 1. The molecular formula is C13H26N2O2. The molecule has 1 aliphatic rings. The second-order valence-electron chi connectivity index (χ2n) is 5.16. The first-order valence-electron chi connectivity index (χ1n) is 6.79. The van der Waals surface area contributed by atoms with Gasteiger partial charge in [0.15, 0.2) is 0 Å². The summed E-state index contributed by atoms with van der Waals surface area (Å²) in [6.45, 7) is 4.50. The van der Waals surface area contributed by atoms with Crippen LogP contribution in [0.1, 0.15) is 46.0 Å². The van der Waals surface area contributed by atoms with Crippen molar-refractivity contribution in [3.05, 3.63) is 0 Å². The number of nitrogens with one attached hydrogen (secondary N) is 1. The monoisotopic (exact) mass is 242 g/mol. The van der Waals surface area contributed by atoms with E-state index in [2.05, 4.69) is 19.2 Å². The molecule has 0 bridgehead atoms. The van der Waals surface area contributed by atoms with E-state index in [4.69, 9.17) is 5.73 Å². The zero-order valence-electron chi connectivity index (χ0n) is 11.0. The molecule has 3 atom stereocenters. The van der Waals surface area contributed by atoms with Crippen molar-refractivity contribution < 1.29 is 9.90 Å². The summed E-state index contributed by atoms with van der Waals surface area (Å²) in [6.07, 6.45) is 4.07. The van der Waals surface area contributed by atoms with Gasteiger partial charge in [-0.25, -0.2) is 0 Å². The lowest BCUT2D eigenvalue weighted by atomic mass is 9.96. The van der Waals surface area contributed by atoms with E-state index in [0.29, 0.717) is 6.54 Å². The summed E-state index contributed by atoms with van der Waals surface area (Å²) < 4.78 is 0. The normalized spacial score (nSPS) is 26.2. The van der Waals surface area contributed by atoms with E-state index in [1.54, 1.807) is 0 Å². The van der Waals surface area contributed by atoms with E-state index in [1.165, 1.54) is 0 Å². The topological polar surface area (TPSA) is 75.3 Å². The van der Waals surface area contributed by atoms with Crippen LogP contribution >= 0.6 is 0 Å². The molecule has 100 valence electrons. The Bertz CT molecular complexity index is 242. The van der Waals surface area contributed by atoms with Crippen LogP contribution in [0.3, 0.4) is 0 Å². The molecule has 4 N–H and O–H groups in total. The molecule has 4 nitrogen and oxygen atoms in total. The third-order valence-corrected chi connectivity index (χ3v) is 3.92. The van der Waals surface area contributed by atoms with E-state index in [-0.39, 0.29) is 23.8 Å². The molecule has 1 rings (SSSR count). The van der Waals surface area contributed by atoms with Gasteiger partial charge in [-0.1, -0.05) is 26.7 Å². The van der Waals surface area contributed by atoms with Gasteiger partial charge in [-0.2, -0.15) is 0 Å². The molecule has 0 saturated heterocycles. The van der Waals surface area contributed by atoms with Crippen molar-refractivity contribution in [3.8, 4) is 0 Å². The Morgan fingerprint density at radius 1 is 1.41 bits per heavy atom. The maximum atomic E-state index is 11.8. The van der Waals surface area contributed by atoms with Crippen LogP contribution in [-0.2, 0) is 4.79 Å². The summed E-state index contributed by atoms with van der Waals surface area (Å²) in [5.74, 6) is 0.392. The first-order valence-corrected chi connectivity index (χ1v) is 6.79. The first kappa shape index (κ1) is 14.5. The third-order valence-electron chi connectivity index (χ3n) is 3.92. The summed E-state index contributed by atoms with van der Waals surface area (Å²) in [5.41, 5.74) is 5.78. The predicted molar refractivity (Wildman–Crippen MR) is 68.4 cm³/mol. The maximum absolute atomic E-state index is 11.8. The SMILES string of the molecule is CCC(CC)C(O)CNC(=O)C1CCC(N)C1. The van der Waals surface area contributed by atoms with Gasteiger partial charge in [0.2, 0.25) is 5.91 Å². The fourth-order valence-corrected chi connectivity index (χ4v) is 2.60. The van der Waals surface area contributed by atoms with Gasteiger partial charge >= 0.3 is 0 Å². The lowest BCUT2D eigenvalue weighted by Crippen LogP contribution is -2.38. The molecule has 4 heteroatoms. The van der Waals surface area contributed by atoms with Crippen molar-refractivity contribution >= 4 is 5.91 Å². The third kappa shape index (κ3) is 4.28. The molecule has 0 aromatic carbocycles. The predicted octanol–water partition coefficient (Wildman–Crippen LogP) is 1.03. The zero-order valence-corrected chi connectivity index (χ0v) is 11.0. The quantitative estimate of drug-likeness (QED) is 0.651. The second-order valence-corrected chi connectivity index (χ2v) is 5.16.